The van der Waals surface area contributed by atoms with Gasteiger partial charge in [0.15, 0.2) is 0 Å². The minimum atomic E-state index is 0.618. The Morgan fingerprint density at radius 3 is 2.50 bits per heavy atom. The van der Waals surface area contributed by atoms with Crippen LogP contribution in [0.5, 0.6) is 11.6 Å². The summed E-state index contributed by atoms with van der Waals surface area (Å²) in [5.74, 6) is 1.41. The molecule has 0 aliphatic heterocycles. The van der Waals surface area contributed by atoms with E-state index in [1.807, 2.05) is 54.3 Å². The topological polar surface area (TPSA) is 35.0 Å². The van der Waals surface area contributed by atoms with Crippen LogP contribution in [0.1, 0.15) is 12.5 Å². The number of aromatic nitrogens is 2. The SMILES string of the molecule is CCc1ccc(Oc2ccc(-c3cncs3)cc2)nc1. The van der Waals surface area contributed by atoms with Crippen molar-refractivity contribution in [2.45, 2.75) is 13.3 Å². The van der Waals surface area contributed by atoms with Gasteiger partial charge >= 0.3 is 0 Å². The van der Waals surface area contributed by atoms with Crippen LogP contribution in [0.4, 0.5) is 0 Å². The molecule has 0 aliphatic carbocycles. The highest BCUT2D eigenvalue weighted by Gasteiger charge is 2.02. The Labute approximate surface area is 121 Å². The van der Waals surface area contributed by atoms with Gasteiger partial charge < -0.3 is 4.74 Å². The number of pyridine rings is 1. The molecule has 2 aromatic heterocycles. The summed E-state index contributed by atoms with van der Waals surface area (Å²) in [6.07, 6.45) is 4.70. The lowest BCUT2D eigenvalue weighted by molar-refractivity contribution is 0.462. The van der Waals surface area contributed by atoms with Crippen molar-refractivity contribution in [1.29, 1.82) is 0 Å². The van der Waals surface area contributed by atoms with Gasteiger partial charge in [-0.2, -0.15) is 0 Å². The summed E-state index contributed by atoms with van der Waals surface area (Å²) in [4.78, 5) is 9.52. The molecule has 0 atom stereocenters. The Morgan fingerprint density at radius 2 is 1.90 bits per heavy atom. The summed E-state index contributed by atoms with van der Waals surface area (Å²) < 4.78 is 5.73. The fourth-order valence-electron chi connectivity index (χ4n) is 1.85. The predicted molar refractivity (Wildman–Crippen MR) is 81.2 cm³/mol. The fraction of sp³-hybridized carbons (Fsp3) is 0.125. The van der Waals surface area contributed by atoms with Crippen molar-refractivity contribution in [3.8, 4) is 22.1 Å². The van der Waals surface area contributed by atoms with Crippen LogP contribution in [0.25, 0.3) is 10.4 Å². The van der Waals surface area contributed by atoms with Gasteiger partial charge in [0.1, 0.15) is 5.75 Å². The number of ether oxygens (including phenoxy) is 1. The largest absolute Gasteiger partial charge is 0.439 e. The number of thiazole rings is 1. The van der Waals surface area contributed by atoms with Crippen LogP contribution in [0.3, 0.4) is 0 Å². The molecule has 3 nitrogen and oxygen atoms in total. The van der Waals surface area contributed by atoms with Crippen LogP contribution >= 0.6 is 11.3 Å². The van der Waals surface area contributed by atoms with Gasteiger partial charge in [0.25, 0.3) is 0 Å². The lowest BCUT2D eigenvalue weighted by Gasteiger charge is -2.06. The maximum absolute atomic E-state index is 5.73. The van der Waals surface area contributed by atoms with E-state index in [1.54, 1.807) is 11.3 Å². The van der Waals surface area contributed by atoms with Crippen LogP contribution in [0.15, 0.2) is 54.3 Å². The smallest absolute Gasteiger partial charge is 0.219 e. The van der Waals surface area contributed by atoms with Crippen LogP contribution in [0, 0.1) is 0 Å². The van der Waals surface area contributed by atoms with Crippen molar-refractivity contribution in [1.82, 2.24) is 9.97 Å². The number of rotatable bonds is 4. The summed E-state index contributed by atoms with van der Waals surface area (Å²) in [5, 5.41) is 0. The lowest BCUT2D eigenvalue weighted by atomic mass is 10.2. The molecule has 0 aliphatic rings. The summed E-state index contributed by atoms with van der Waals surface area (Å²) >= 11 is 1.63. The molecule has 0 amide bonds. The summed E-state index contributed by atoms with van der Waals surface area (Å²) in [6.45, 7) is 2.11. The van der Waals surface area contributed by atoms with E-state index in [0.29, 0.717) is 5.88 Å². The normalized spacial score (nSPS) is 10.4. The molecule has 2 heterocycles. The zero-order chi connectivity index (χ0) is 13.8. The fourth-order valence-corrected chi connectivity index (χ4v) is 2.48. The quantitative estimate of drug-likeness (QED) is 0.703. The van der Waals surface area contributed by atoms with E-state index in [2.05, 4.69) is 16.9 Å². The number of nitrogens with zero attached hydrogens (tertiary/aromatic N) is 2. The highest BCUT2D eigenvalue weighted by atomic mass is 32.1. The van der Waals surface area contributed by atoms with Gasteiger partial charge in [0.05, 0.1) is 10.4 Å². The van der Waals surface area contributed by atoms with Crippen molar-refractivity contribution in [3.05, 3.63) is 59.9 Å². The molecular formula is C16H14N2OS. The van der Waals surface area contributed by atoms with Crippen LogP contribution in [-0.2, 0) is 6.42 Å². The molecule has 20 heavy (non-hydrogen) atoms. The molecule has 4 heteroatoms. The van der Waals surface area contributed by atoms with Crippen LogP contribution < -0.4 is 4.74 Å². The Balaban J connectivity index is 1.74. The second-order valence-corrected chi connectivity index (χ2v) is 5.24. The second kappa shape index (κ2) is 5.84. The Morgan fingerprint density at radius 1 is 1.05 bits per heavy atom. The van der Waals surface area contributed by atoms with Gasteiger partial charge in [-0.3, -0.25) is 4.98 Å². The Hall–Kier alpha value is -2.20. The van der Waals surface area contributed by atoms with E-state index < -0.39 is 0 Å². The van der Waals surface area contributed by atoms with E-state index in [-0.39, 0.29) is 0 Å². The molecule has 3 rings (SSSR count). The molecule has 0 saturated heterocycles. The van der Waals surface area contributed by atoms with Crippen molar-refractivity contribution >= 4 is 11.3 Å². The van der Waals surface area contributed by atoms with E-state index in [4.69, 9.17) is 4.74 Å². The van der Waals surface area contributed by atoms with Gasteiger partial charge in [-0.15, -0.1) is 11.3 Å². The van der Waals surface area contributed by atoms with Gasteiger partial charge in [0.2, 0.25) is 5.88 Å². The van der Waals surface area contributed by atoms with E-state index in [9.17, 15) is 0 Å². The number of aryl methyl sites for hydroxylation is 1. The summed E-state index contributed by atoms with van der Waals surface area (Å²) in [5.41, 5.74) is 4.19. The summed E-state index contributed by atoms with van der Waals surface area (Å²) in [6, 6.07) is 11.9. The minimum absolute atomic E-state index is 0.618. The van der Waals surface area contributed by atoms with Crippen molar-refractivity contribution in [3.63, 3.8) is 0 Å². The molecule has 0 spiro atoms. The molecule has 3 aromatic rings. The van der Waals surface area contributed by atoms with E-state index in [1.165, 1.54) is 5.56 Å². The molecule has 0 unspecified atom stereocenters. The van der Waals surface area contributed by atoms with Crippen molar-refractivity contribution in [2.75, 3.05) is 0 Å². The molecule has 0 bridgehead atoms. The van der Waals surface area contributed by atoms with Gasteiger partial charge in [0, 0.05) is 18.5 Å². The van der Waals surface area contributed by atoms with Crippen molar-refractivity contribution in [2.24, 2.45) is 0 Å². The lowest BCUT2D eigenvalue weighted by Crippen LogP contribution is -1.89. The number of hydrogen-bond acceptors (Lipinski definition) is 4. The third-order valence-corrected chi connectivity index (χ3v) is 3.82. The van der Waals surface area contributed by atoms with Crippen LogP contribution in [0.2, 0.25) is 0 Å². The molecule has 0 fully saturated rings. The predicted octanol–water partition coefficient (Wildman–Crippen LogP) is 4.56. The first-order valence-electron chi connectivity index (χ1n) is 6.47. The maximum Gasteiger partial charge on any atom is 0.219 e. The zero-order valence-corrected chi connectivity index (χ0v) is 11.9. The zero-order valence-electron chi connectivity index (χ0n) is 11.1. The molecule has 0 radical (unpaired) electrons. The molecule has 100 valence electrons. The maximum atomic E-state index is 5.73. The Kier molecular flexibility index (Phi) is 3.74. The average molecular weight is 282 g/mol. The highest BCUT2D eigenvalue weighted by molar-refractivity contribution is 7.13. The third-order valence-electron chi connectivity index (χ3n) is 3.00. The Bertz CT molecular complexity index is 661. The number of benzene rings is 1. The third kappa shape index (κ3) is 2.86. The van der Waals surface area contributed by atoms with E-state index >= 15 is 0 Å². The molecule has 0 saturated carbocycles. The molecule has 0 N–H and O–H groups in total. The first-order valence-corrected chi connectivity index (χ1v) is 7.35. The molecule has 1 aromatic carbocycles. The van der Waals surface area contributed by atoms with Crippen molar-refractivity contribution < 1.29 is 4.74 Å². The highest BCUT2D eigenvalue weighted by Crippen LogP contribution is 2.27. The first-order chi connectivity index (χ1) is 9.85. The first kappa shape index (κ1) is 12.8. The van der Waals surface area contributed by atoms with Gasteiger partial charge in [-0.25, -0.2) is 4.98 Å². The second-order valence-electron chi connectivity index (χ2n) is 4.35. The minimum Gasteiger partial charge on any atom is -0.439 e. The summed E-state index contributed by atoms with van der Waals surface area (Å²) in [7, 11) is 0. The van der Waals surface area contributed by atoms with Gasteiger partial charge in [-0.1, -0.05) is 13.0 Å². The monoisotopic (exact) mass is 282 g/mol. The van der Waals surface area contributed by atoms with E-state index in [0.717, 1.165) is 22.6 Å². The van der Waals surface area contributed by atoms with Gasteiger partial charge in [-0.05, 0) is 41.8 Å². The standard InChI is InChI=1S/C16H14N2OS/c1-2-12-3-8-16(18-9-12)19-14-6-4-13(5-7-14)15-10-17-11-20-15/h3-11H,2H2,1H3. The number of hydrogen-bond donors (Lipinski definition) is 0. The average Bonchev–Trinajstić information content (AvgIpc) is 3.03. The molecular weight excluding hydrogens is 268 g/mol. The van der Waals surface area contributed by atoms with Crippen LogP contribution in [-0.4, -0.2) is 9.97 Å².